The molecule has 0 aliphatic carbocycles. The summed E-state index contributed by atoms with van der Waals surface area (Å²) in [6, 6.07) is 2.13. The third-order valence-electron chi connectivity index (χ3n) is 4.34. The molecule has 1 aromatic heterocycles. The zero-order valence-electron chi connectivity index (χ0n) is 18.4. The number of Topliss-reactive ketones (excluding diaryl/α,β-unsaturated/α-hetero) is 1. The van der Waals surface area contributed by atoms with Gasteiger partial charge >= 0.3 is 0 Å². The molecule has 148 valence electrons. The Morgan fingerprint density at radius 3 is 1.62 bits per heavy atom. The predicted octanol–water partition coefficient (Wildman–Crippen LogP) is 5.46. The molecule has 0 aliphatic rings. The van der Waals surface area contributed by atoms with Crippen molar-refractivity contribution in [3.05, 3.63) is 17.5 Å². The second kappa shape index (κ2) is 8.49. The van der Waals surface area contributed by atoms with E-state index in [0.717, 1.165) is 37.1 Å². The molecular formula is C22H39N3O. The zero-order chi connectivity index (χ0) is 20.2. The first-order valence-corrected chi connectivity index (χ1v) is 9.80. The largest absolute Gasteiger partial charge is 0.347 e. The van der Waals surface area contributed by atoms with Gasteiger partial charge in [-0.15, -0.1) is 0 Å². The Morgan fingerprint density at radius 2 is 1.27 bits per heavy atom. The fourth-order valence-corrected chi connectivity index (χ4v) is 2.32. The van der Waals surface area contributed by atoms with Crippen molar-refractivity contribution in [1.82, 2.24) is 9.97 Å². The summed E-state index contributed by atoms with van der Waals surface area (Å²) in [5, 5.41) is 3.15. The molecule has 4 nitrogen and oxygen atoms in total. The van der Waals surface area contributed by atoms with Crippen LogP contribution in [0.1, 0.15) is 86.5 Å². The highest BCUT2D eigenvalue weighted by molar-refractivity contribution is 5.87. The number of aryl methyl sites for hydroxylation is 2. The smallest absolute Gasteiger partial charge is 0.223 e. The fourth-order valence-electron chi connectivity index (χ4n) is 2.32. The summed E-state index contributed by atoms with van der Waals surface area (Å²) in [4.78, 5) is 21.5. The molecule has 0 saturated heterocycles. The van der Waals surface area contributed by atoms with Gasteiger partial charge in [0.15, 0.2) is 5.78 Å². The van der Waals surface area contributed by atoms with Crippen LogP contribution in [0.3, 0.4) is 0 Å². The monoisotopic (exact) mass is 361 g/mol. The highest BCUT2D eigenvalue weighted by atomic mass is 16.1. The van der Waals surface area contributed by atoms with E-state index in [4.69, 9.17) is 0 Å². The van der Waals surface area contributed by atoms with Gasteiger partial charge in [0.2, 0.25) is 5.95 Å². The van der Waals surface area contributed by atoms with Crippen LogP contribution in [0.15, 0.2) is 6.07 Å². The molecular weight excluding hydrogens is 322 g/mol. The molecule has 4 heteroatoms. The van der Waals surface area contributed by atoms with Crippen molar-refractivity contribution < 1.29 is 4.79 Å². The van der Waals surface area contributed by atoms with E-state index in [1.807, 2.05) is 20.8 Å². The number of rotatable bonds is 7. The van der Waals surface area contributed by atoms with Crippen molar-refractivity contribution in [2.75, 3.05) is 11.9 Å². The highest BCUT2D eigenvalue weighted by Crippen LogP contribution is 2.24. The number of carbonyl (C=O) groups is 1. The molecule has 0 atom stereocenters. The van der Waals surface area contributed by atoms with E-state index >= 15 is 0 Å². The lowest BCUT2D eigenvalue weighted by Gasteiger charge is -2.20. The summed E-state index contributed by atoms with van der Waals surface area (Å²) in [6.45, 7) is 19.6. The SMILES string of the molecule is CC(C)(C)CCc1cc(CCC(C)(C)C)nc(NCC(=O)C(C)(C)C)n1. The van der Waals surface area contributed by atoms with Gasteiger partial charge in [-0.2, -0.15) is 0 Å². The van der Waals surface area contributed by atoms with Crippen LogP contribution >= 0.6 is 0 Å². The van der Waals surface area contributed by atoms with Crippen LogP contribution in [0.25, 0.3) is 0 Å². The first kappa shape index (κ1) is 22.6. The normalized spacial score (nSPS) is 13.0. The van der Waals surface area contributed by atoms with E-state index in [-0.39, 0.29) is 28.6 Å². The molecule has 1 aromatic rings. The minimum Gasteiger partial charge on any atom is -0.347 e. The molecule has 0 bridgehead atoms. The number of aromatic nitrogens is 2. The number of nitrogens with zero attached hydrogens (tertiary/aromatic N) is 2. The average molecular weight is 362 g/mol. The first-order valence-electron chi connectivity index (χ1n) is 9.80. The lowest BCUT2D eigenvalue weighted by molar-refractivity contribution is -0.124. The van der Waals surface area contributed by atoms with Crippen molar-refractivity contribution in [3.63, 3.8) is 0 Å². The van der Waals surface area contributed by atoms with Crippen LogP contribution in [0, 0.1) is 16.2 Å². The van der Waals surface area contributed by atoms with Crippen molar-refractivity contribution >= 4 is 11.7 Å². The summed E-state index contributed by atoms with van der Waals surface area (Å²) in [5.74, 6) is 0.746. The van der Waals surface area contributed by atoms with E-state index in [9.17, 15) is 4.79 Å². The summed E-state index contributed by atoms with van der Waals surface area (Å²) in [6.07, 6.45) is 4.00. The fraction of sp³-hybridized carbons (Fsp3) is 0.773. The van der Waals surface area contributed by atoms with Gasteiger partial charge in [0, 0.05) is 16.8 Å². The maximum Gasteiger partial charge on any atom is 0.223 e. The van der Waals surface area contributed by atoms with Gasteiger partial charge in [0.1, 0.15) is 0 Å². The van der Waals surface area contributed by atoms with E-state index < -0.39 is 0 Å². The number of carbonyl (C=O) groups excluding carboxylic acids is 1. The summed E-state index contributed by atoms with van der Waals surface area (Å²) in [7, 11) is 0. The van der Waals surface area contributed by atoms with Gasteiger partial charge in [-0.25, -0.2) is 9.97 Å². The standard InChI is InChI=1S/C22H39N3O/c1-20(2,3)12-10-16-14-17(11-13-21(4,5)6)25-19(24-16)23-15-18(26)22(7,8)9/h14H,10-13,15H2,1-9H3,(H,23,24,25). The quantitative estimate of drug-likeness (QED) is 0.700. The van der Waals surface area contributed by atoms with Crippen LogP contribution < -0.4 is 5.32 Å². The van der Waals surface area contributed by atoms with Crippen LogP contribution in [-0.4, -0.2) is 22.3 Å². The third kappa shape index (κ3) is 9.30. The Labute approximate surface area is 160 Å². The average Bonchev–Trinajstić information content (AvgIpc) is 2.46. The Bertz CT molecular complexity index is 565. The Balaban J connectivity index is 2.93. The van der Waals surface area contributed by atoms with Crippen molar-refractivity contribution in [2.45, 2.75) is 88.0 Å². The van der Waals surface area contributed by atoms with E-state index in [1.54, 1.807) is 0 Å². The molecule has 0 saturated carbocycles. The zero-order valence-corrected chi connectivity index (χ0v) is 18.4. The lowest BCUT2D eigenvalue weighted by atomic mass is 9.88. The molecule has 0 fully saturated rings. The van der Waals surface area contributed by atoms with Gasteiger partial charge in [-0.1, -0.05) is 62.3 Å². The molecule has 0 spiro atoms. The van der Waals surface area contributed by atoms with Gasteiger partial charge in [0.25, 0.3) is 0 Å². The van der Waals surface area contributed by atoms with Crippen LogP contribution in [0.5, 0.6) is 0 Å². The van der Waals surface area contributed by atoms with Gasteiger partial charge in [-0.05, 0) is 42.6 Å². The Hall–Kier alpha value is -1.45. The molecule has 0 aliphatic heterocycles. The van der Waals surface area contributed by atoms with Gasteiger partial charge < -0.3 is 5.32 Å². The van der Waals surface area contributed by atoms with Crippen molar-refractivity contribution in [3.8, 4) is 0 Å². The van der Waals surface area contributed by atoms with Crippen LogP contribution in [0.4, 0.5) is 5.95 Å². The van der Waals surface area contributed by atoms with Crippen LogP contribution in [0.2, 0.25) is 0 Å². The summed E-state index contributed by atoms with van der Waals surface area (Å²) < 4.78 is 0. The Kier molecular flexibility index (Phi) is 7.38. The second-order valence-electron chi connectivity index (χ2n) is 10.8. The molecule has 1 heterocycles. The van der Waals surface area contributed by atoms with E-state index in [0.29, 0.717) is 5.95 Å². The molecule has 26 heavy (non-hydrogen) atoms. The first-order chi connectivity index (χ1) is 11.7. The topological polar surface area (TPSA) is 54.9 Å². The molecule has 0 radical (unpaired) electrons. The highest BCUT2D eigenvalue weighted by Gasteiger charge is 2.21. The van der Waals surface area contributed by atoms with Crippen molar-refractivity contribution in [2.24, 2.45) is 16.2 Å². The maximum absolute atomic E-state index is 12.2. The third-order valence-corrected chi connectivity index (χ3v) is 4.34. The number of hydrogen-bond acceptors (Lipinski definition) is 4. The number of anilines is 1. The van der Waals surface area contributed by atoms with E-state index in [1.165, 1.54) is 0 Å². The van der Waals surface area contributed by atoms with Gasteiger partial charge in [0.05, 0.1) is 6.54 Å². The summed E-state index contributed by atoms with van der Waals surface area (Å²) >= 11 is 0. The minimum absolute atomic E-state index is 0.164. The predicted molar refractivity (Wildman–Crippen MR) is 111 cm³/mol. The molecule has 0 aromatic carbocycles. The van der Waals surface area contributed by atoms with Gasteiger partial charge in [-0.3, -0.25) is 4.79 Å². The molecule has 0 unspecified atom stereocenters. The number of hydrogen-bond donors (Lipinski definition) is 1. The molecule has 0 amide bonds. The number of nitrogens with one attached hydrogen (secondary N) is 1. The lowest BCUT2D eigenvalue weighted by Crippen LogP contribution is -2.28. The Morgan fingerprint density at radius 1 is 0.846 bits per heavy atom. The van der Waals surface area contributed by atoms with Crippen molar-refractivity contribution in [1.29, 1.82) is 0 Å². The van der Waals surface area contributed by atoms with Crippen LogP contribution in [-0.2, 0) is 17.6 Å². The summed E-state index contributed by atoms with van der Waals surface area (Å²) in [5.41, 5.74) is 2.30. The minimum atomic E-state index is -0.355. The maximum atomic E-state index is 12.2. The molecule has 1 rings (SSSR count). The number of ketones is 1. The second-order valence-corrected chi connectivity index (χ2v) is 10.8. The van der Waals surface area contributed by atoms with E-state index in [2.05, 4.69) is 62.9 Å². The molecule has 1 N–H and O–H groups in total.